The monoisotopic (exact) mass is 296 g/mol. The second-order valence-electron chi connectivity index (χ2n) is 5.32. The molecule has 1 aromatic heterocycles. The summed E-state index contributed by atoms with van der Waals surface area (Å²) in [6.45, 7) is 2.22. The molecule has 116 valence electrons. The Labute approximate surface area is 122 Å². The van der Waals surface area contributed by atoms with E-state index in [1.165, 1.54) is 4.68 Å². The summed E-state index contributed by atoms with van der Waals surface area (Å²) in [6.07, 6.45) is 3.15. The fourth-order valence-electron chi connectivity index (χ4n) is 2.54. The smallest absolute Gasteiger partial charge is 0.334 e. The summed E-state index contributed by atoms with van der Waals surface area (Å²) >= 11 is 0. The van der Waals surface area contributed by atoms with Crippen molar-refractivity contribution in [2.75, 3.05) is 11.4 Å². The number of rotatable bonds is 8. The van der Waals surface area contributed by atoms with Crippen LogP contribution in [-0.2, 0) is 18.3 Å². The number of nitrogens with zero attached hydrogens (tertiary/aromatic N) is 4. The van der Waals surface area contributed by atoms with E-state index < -0.39 is 10.9 Å². The van der Waals surface area contributed by atoms with Gasteiger partial charge in [-0.1, -0.05) is 13.3 Å². The van der Waals surface area contributed by atoms with Gasteiger partial charge in [0.05, 0.1) is 11.3 Å². The van der Waals surface area contributed by atoms with E-state index in [1.54, 1.807) is 7.05 Å². The van der Waals surface area contributed by atoms with E-state index in [0.717, 1.165) is 19.3 Å². The minimum Gasteiger partial charge on any atom is -0.481 e. The van der Waals surface area contributed by atoms with Crippen LogP contribution in [0, 0.1) is 10.1 Å². The Morgan fingerprint density at radius 3 is 2.71 bits per heavy atom. The van der Waals surface area contributed by atoms with Gasteiger partial charge in [-0.2, -0.15) is 5.10 Å². The van der Waals surface area contributed by atoms with Gasteiger partial charge in [-0.05, 0) is 19.3 Å². The van der Waals surface area contributed by atoms with Crippen LogP contribution in [0.1, 0.15) is 38.3 Å². The Morgan fingerprint density at radius 1 is 1.57 bits per heavy atom. The standard InChI is InChI=1S/C13H20N4O4/c1-3-4-10-12(17(20)21)13(15(2)14-10)16(9-5-6-9)8-7-11(18)19/h9H,3-8H2,1-2H3,(H,18,19). The molecule has 1 heterocycles. The molecule has 1 aliphatic rings. The number of carbonyl (C=O) groups is 1. The van der Waals surface area contributed by atoms with Crippen molar-refractivity contribution in [1.29, 1.82) is 0 Å². The molecule has 0 unspecified atom stereocenters. The molecule has 8 nitrogen and oxygen atoms in total. The number of hydrogen-bond acceptors (Lipinski definition) is 5. The van der Waals surface area contributed by atoms with Crippen LogP contribution in [0.2, 0.25) is 0 Å². The summed E-state index contributed by atoms with van der Waals surface area (Å²) < 4.78 is 1.52. The van der Waals surface area contributed by atoms with Crippen molar-refractivity contribution in [3.63, 3.8) is 0 Å². The quantitative estimate of drug-likeness (QED) is 0.579. The molecule has 0 spiro atoms. The highest BCUT2D eigenvalue weighted by atomic mass is 16.6. The van der Waals surface area contributed by atoms with Crippen LogP contribution in [0.4, 0.5) is 11.5 Å². The van der Waals surface area contributed by atoms with E-state index in [4.69, 9.17) is 5.11 Å². The first-order valence-electron chi connectivity index (χ1n) is 7.14. The van der Waals surface area contributed by atoms with E-state index in [9.17, 15) is 14.9 Å². The molecule has 1 N–H and O–H groups in total. The number of aliphatic carboxylic acids is 1. The molecular formula is C13H20N4O4. The van der Waals surface area contributed by atoms with Crippen molar-refractivity contribution in [1.82, 2.24) is 9.78 Å². The Kier molecular flexibility index (Phi) is 4.44. The molecule has 21 heavy (non-hydrogen) atoms. The van der Waals surface area contributed by atoms with Crippen LogP contribution >= 0.6 is 0 Å². The third kappa shape index (κ3) is 3.32. The van der Waals surface area contributed by atoms with Gasteiger partial charge in [-0.3, -0.25) is 14.9 Å². The zero-order valence-electron chi connectivity index (χ0n) is 12.3. The summed E-state index contributed by atoms with van der Waals surface area (Å²) in [4.78, 5) is 23.7. The summed E-state index contributed by atoms with van der Waals surface area (Å²) in [5.74, 6) is -0.466. The van der Waals surface area contributed by atoms with Gasteiger partial charge in [0.1, 0.15) is 5.69 Å². The van der Waals surface area contributed by atoms with Crippen LogP contribution in [0.5, 0.6) is 0 Å². The second kappa shape index (κ2) is 6.11. The number of carboxylic acid groups (broad SMARTS) is 1. The Balaban J connectivity index is 2.38. The van der Waals surface area contributed by atoms with Crippen LogP contribution < -0.4 is 4.90 Å². The largest absolute Gasteiger partial charge is 0.481 e. The highest BCUT2D eigenvalue weighted by Gasteiger charge is 2.37. The van der Waals surface area contributed by atoms with Crippen molar-refractivity contribution >= 4 is 17.5 Å². The molecule has 1 saturated carbocycles. The van der Waals surface area contributed by atoms with Crippen LogP contribution in [0.15, 0.2) is 0 Å². The summed E-state index contributed by atoms with van der Waals surface area (Å²) in [5, 5.41) is 24.6. The lowest BCUT2D eigenvalue weighted by Crippen LogP contribution is -2.30. The Bertz CT molecular complexity index is 551. The lowest BCUT2D eigenvalue weighted by molar-refractivity contribution is -0.384. The van der Waals surface area contributed by atoms with Crippen molar-refractivity contribution in [2.45, 2.75) is 45.1 Å². The third-order valence-corrected chi connectivity index (χ3v) is 3.56. The highest BCUT2D eigenvalue weighted by Crippen LogP contribution is 2.38. The normalized spacial score (nSPS) is 14.2. The van der Waals surface area contributed by atoms with Gasteiger partial charge < -0.3 is 10.0 Å². The predicted molar refractivity (Wildman–Crippen MR) is 76.5 cm³/mol. The zero-order valence-corrected chi connectivity index (χ0v) is 12.3. The molecule has 0 aliphatic heterocycles. The van der Waals surface area contributed by atoms with Gasteiger partial charge >= 0.3 is 11.7 Å². The minimum atomic E-state index is -0.903. The minimum absolute atomic E-state index is 0.0247. The lowest BCUT2D eigenvalue weighted by Gasteiger charge is -2.22. The summed E-state index contributed by atoms with van der Waals surface area (Å²) in [5.41, 5.74) is 0.498. The first kappa shape index (κ1) is 15.3. The van der Waals surface area contributed by atoms with Crippen molar-refractivity contribution in [3.05, 3.63) is 15.8 Å². The van der Waals surface area contributed by atoms with Crippen molar-refractivity contribution < 1.29 is 14.8 Å². The van der Waals surface area contributed by atoms with Crippen LogP contribution in [0.3, 0.4) is 0 Å². The van der Waals surface area contributed by atoms with Crippen molar-refractivity contribution in [2.24, 2.45) is 7.05 Å². The summed E-state index contributed by atoms with van der Waals surface area (Å²) in [7, 11) is 1.68. The van der Waals surface area contributed by atoms with Gasteiger partial charge in [0, 0.05) is 19.6 Å². The fraction of sp³-hybridized carbons (Fsp3) is 0.692. The molecule has 0 atom stereocenters. The van der Waals surface area contributed by atoms with Gasteiger partial charge in [-0.15, -0.1) is 0 Å². The van der Waals surface area contributed by atoms with E-state index in [1.807, 2.05) is 11.8 Å². The first-order chi connectivity index (χ1) is 9.95. The maximum Gasteiger partial charge on any atom is 0.334 e. The molecule has 0 bridgehead atoms. The predicted octanol–water partition coefficient (Wildman–Crippen LogP) is 1.72. The summed E-state index contributed by atoms with van der Waals surface area (Å²) in [6, 6.07) is 0.188. The number of aromatic nitrogens is 2. The van der Waals surface area contributed by atoms with Gasteiger partial charge in [0.25, 0.3) is 0 Å². The average Bonchev–Trinajstić information content (AvgIpc) is 3.16. The molecule has 1 aromatic rings. The molecule has 0 saturated heterocycles. The van der Waals surface area contributed by atoms with Crippen LogP contribution in [0.25, 0.3) is 0 Å². The van der Waals surface area contributed by atoms with Crippen molar-refractivity contribution in [3.8, 4) is 0 Å². The molecular weight excluding hydrogens is 276 g/mol. The topological polar surface area (TPSA) is 102 Å². The second-order valence-corrected chi connectivity index (χ2v) is 5.32. The first-order valence-corrected chi connectivity index (χ1v) is 7.14. The number of aryl methyl sites for hydroxylation is 2. The number of anilines is 1. The molecule has 0 amide bonds. The SMILES string of the molecule is CCCc1nn(C)c(N(CCC(=O)O)C2CC2)c1[N+](=O)[O-]. The van der Waals surface area contributed by atoms with E-state index in [0.29, 0.717) is 17.9 Å². The lowest BCUT2D eigenvalue weighted by atomic mass is 10.2. The van der Waals surface area contributed by atoms with E-state index in [-0.39, 0.29) is 24.7 Å². The average molecular weight is 296 g/mol. The van der Waals surface area contributed by atoms with E-state index in [2.05, 4.69) is 5.10 Å². The molecule has 1 fully saturated rings. The molecule has 1 aliphatic carbocycles. The van der Waals surface area contributed by atoms with E-state index >= 15 is 0 Å². The fourth-order valence-corrected chi connectivity index (χ4v) is 2.54. The third-order valence-electron chi connectivity index (χ3n) is 3.56. The molecule has 0 radical (unpaired) electrons. The van der Waals surface area contributed by atoms with Gasteiger partial charge in [-0.25, -0.2) is 4.68 Å². The highest BCUT2D eigenvalue weighted by molar-refractivity contribution is 5.69. The molecule has 8 heteroatoms. The van der Waals surface area contributed by atoms with Gasteiger partial charge in [0.15, 0.2) is 0 Å². The number of hydrogen-bond donors (Lipinski definition) is 1. The zero-order chi connectivity index (χ0) is 15.6. The molecule has 0 aromatic carbocycles. The number of nitro groups is 1. The van der Waals surface area contributed by atoms with Crippen LogP contribution in [-0.4, -0.2) is 38.4 Å². The van der Waals surface area contributed by atoms with Gasteiger partial charge in [0.2, 0.25) is 5.82 Å². The molecule has 2 rings (SSSR count). The Morgan fingerprint density at radius 2 is 2.24 bits per heavy atom. The maximum absolute atomic E-state index is 11.4. The maximum atomic E-state index is 11.4. The Hall–Kier alpha value is -2.12. The number of carboxylic acids is 1.